The molecule has 0 aliphatic carbocycles. The first-order chi connectivity index (χ1) is 15.3. The number of nitriles is 1. The van der Waals surface area contributed by atoms with Crippen molar-refractivity contribution in [2.75, 3.05) is 5.75 Å². The lowest BCUT2D eigenvalue weighted by Gasteiger charge is -2.14. The molecule has 0 aliphatic rings. The van der Waals surface area contributed by atoms with Gasteiger partial charge in [0.15, 0.2) is 0 Å². The summed E-state index contributed by atoms with van der Waals surface area (Å²) >= 11 is 1.51. The van der Waals surface area contributed by atoms with Crippen LogP contribution in [0.2, 0.25) is 0 Å². The molecule has 32 heavy (non-hydrogen) atoms. The highest BCUT2D eigenvalue weighted by Gasteiger charge is 2.36. The fraction of sp³-hybridized carbons (Fsp3) is 0.478. The van der Waals surface area contributed by atoms with Gasteiger partial charge in [0.05, 0.1) is 16.8 Å². The van der Waals surface area contributed by atoms with Gasteiger partial charge in [-0.3, -0.25) is 0 Å². The van der Waals surface area contributed by atoms with Crippen molar-refractivity contribution in [3.8, 4) is 17.3 Å². The zero-order valence-corrected chi connectivity index (χ0v) is 19.4. The van der Waals surface area contributed by atoms with Crippen molar-refractivity contribution in [3.63, 3.8) is 0 Å². The molecule has 1 heterocycles. The Balaban J connectivity index is 2.20. The van der Waals surface area contributed by atoms with Gasteiger partial charge in [0.25, 0.3) is 5.76 Å². The molecule has 0 bridgehead atoms. The Bertz CT molecular complexity index is 893. The Labute approximate surface area is 194 Å². The van der Waals surface area contributed by atoms with E-state index >= 15 is 0 Å². The van der Waals surface area contributed by atoms with Crippen LogP contribution in [0.4, 0.5) is 22.0 Å². The molecule has 2 aromatic rings. The number of aromatic nitrogens is 1. The minimum atomic E-state index is -4.71. The van der Waals surface area contributed by atoms with Crippen LogP contribution in [-0.2, 0) is 6.18 Å². The number of hydrogen-bond donors (Lipinski definition) is 0. The highest BCUT2D eigenvalue weighted by Crippen LogP contribution is 2.38. The fourth-order valence-corrected chi connectivity index (χ4v) is 4.64. The van der Waals surface area contributed by atoms with E-state index in [9.17, 15) is 27.2 Å². The van der Waals surface area contributed by atoms with Gasteiger partial charge in [-0.1, -0.05) is 69.3 Å². The topological polar surface area (TPSA) is 36.7 Å². The normalized spacial score (nSPS) is 11.7. The Morgan fingerprint density at radius 1 is 1.00 bits per heavy atom. The summed E-state index contributed by atoms with van der Waals surface area (Å²) in [6.07, 6.45) is 2.90. The summed E-state index contributed by atoms with van der Waals surface area (Å²) in [5.74, 6) is -2.01. The molecule has 0 aliphatic heterocycles. The molecule has 0 amide bonds. The summed E-state index contributed by atoms with van der Waals surface area (Å²) in [5.41, 5.74) is -1.07. The van der Waals surface area contributed by atoms with Crippen molar-refractivity contribution >= 4 is 23.5 Å². The number of unbranched alkanes of at least 4 members (excludes halogenated alkanes) is 6. The minimum Gasteiger partial charge on any atom is -0.240 e. The Morgan fingerprint density at radius 2 is 1.62 bits per heavy atom. The van der Waals surface area contributed by atoms with Gasteiger partial charge in [0.1, 0.15) is 11.1 Å². The standard InChI is InChI=1S/C23H25F5N2S2/c1-2-3-4-5-6-7-8-13-31-21-18(15-29)19(23(26,27)28)14-20(30-21)16-9-11-17(12-10-16)32-22(24)25/h9-12,14,22H,2-8,13H2,1H3. The maximum Gasteiger partial charge on any atom is 0.417 e. The molecular weight excluding hydrogens is 463 g/mol. The van der Waals surface area contributed by atoms with Crippen molar-refractivity contribution in [1.82, 2.24) is 4.98 Å². The lowest BCUT2D eigenvalue weighted by molar-refractivity contribution is -0.138. The monoisotopic (exact) mass is 488 g/mol. The number of thioether (sulfide) groups is 2. The lowest BCUT2D eigenvalue weighted by atomic mass is 10.1. The van der Waals surface area contributed by atoms with Crippen LogP contribution in [-0.4, -0.2) is 16.5 Å². The van der Waals surface area contributed by atoms with E-state index in [4.69, 9.17) is 0 Å². The van der Waals surface area contributed by atoms with Gasteiger partial charge in [-0.25, -0.2) is 4.98 Å². The number of pyridine rings is 1. The van der Waals surface area contributed by atoms with Gasteiger partial charge in [0, 0.05) is 10.5 Å². The van der Waals surface area contributed by atoms with Gasteiger partial charge >= 0.3 is 6.18 Å². The van der Waals surface area contributed by atoms with Crippen LogP contribution in [0.3, 0.4) is 0 Å². The highest BCUT2D eigenvalue weighted by molar-refractivity contribution is 7.99. The Hall–Kier alpha value is -1.79. The third-order valence-corrected chi connectivity index (χ3v) is 6.55. The molecule has 9 heteroatoms. The van der Waals surface area contributed by atoms with Crippen LogP contribution in [0.1, 0.15) is 63.0 Å². The maximum absolute atomic E-state index is 13.6. The molecule has 1 aromatic heterocycles. The molecule has 0 saturated carbocycles. The Morgan fingerprint density at radius 3 is 2.19 bits per heavy atom. The summed E-state index contributed by atoms with van der Waals surface area (Å²) in [6, 6.07) is 8.29. The molecule has 2 rings (SSSR count). The molecule has 174 valence electrons. The molecular formula is C23H25F5N2S2. The molecule has 0 unspecified atom stereocenters. The summed E-state index contributed by atoms with van der Waals surface area (Å²) < 4.78 is 65.9. The van der Waals surface area contributed by atoms with Crippen molar-refractivity contribution in [3.05, 3.63) is 41.5 Å². The molecule has 0 N–H and O–H groups in total. The quantitative estimate of drug-likeness (QED) is 0.170. The zero-order chi connectivity index (χ0) is 23.6. The molecule has 0 spiro atoms. The molecule has 0 radical (unpaired) electrons. The van der Waals surface area contributed by atoms with Gasteiger partial charge in [-0.05, 0) is 30.4 Å². The van der Waals surface area contributed by atoms with Crippen LogP contribution in [0, 0.1) is 11.3 Å². The molecule has 1 aromatic carbocycles. The third kappa shape index (κ3) is 8.28. The van der Waals surface area contributed by atoms with Gasteiger partial charge < -0.3 is 0 Å². The van der Waals surface area contributed by atoms with E-state index in [1.165, 1.54) is 43.5 Å². The second-order valence-electron chi connectivity index (χ2n) is 7.22. The fourth-order valence-electron chi connectivity index (χ4n) is 3.14. The summed E-state index contributed by atoms with van der Waals surface area (Å²) in [5, 5.41) is 9.44. The highest BCUT2D eigenvalue weighted by atomic mass is 32.2. The van der Waals surface area contributed by atoms with E-state index in [1.807, 2.05) is 0 Å². The number of nitrogens with zero attached hydrogens (tertiary/aromatic N) is 2. The van der Waals surface area contributed by atoms with Crippen molar-refractivity contribution in [1.29, 1.82) is 5.26 Å². The van der Waals surface area contributed by atoms with E-state index in [-0.39, 0.29) is 10.7 Å². The summed E-state index contributed by atoms with van der Waals surface area (Å²) in [6.45, 7) is 2.15. The molecule has 0 atom stereocenters. The van der Waals surface area contributed by atoms with E-state index in [0.29, 0.717) is 28.0 Å². The number of benzene rings is 1. The predicted molar refractivity (Wildman–Crippen MR) is 120 cm³/mol. The van der Waals surface area contributed by atoms with Gasteiger partial charge in [-0.2, -0.15) is 27.2 Å². The lowest BCUT2D eigenvalue weighted by Crippen LogP contribution is -2.10. The third-order valence-electron chi connectivity index (χ3n) is 4.77. The van der Waals surface area contributed by atoms with Crippen molar-refractivity contribution < 1.29 is 22.0 Å². The number of rotatable bonds is 12. The average molecular weight is 489 g/mol. The molecule has 0 saturated heterocycles. The van der Waals surface area contributed by atoms with E-state index in [1.54, 1.807) is 6.07 Å². The SMILES string of the molecule is CCCCCCCCCSc1nc(-c2ccc(SC(F)F)cc2)cc(C(F)(F)F)c1C#N. The smallest absolute Gasteiger partial charge is 0.240 e. The molecule has 0 fully saturated rings. The summed E-state index contributed by atoms with van der Waals surface area (Å²) in [4.78, 5) is 4.63. The largest absolute Gasteiger partial charge is 0.417 e. The van der Waals surface area contributed by atoms with Crippen molar-refractivity contribution in [2.24, 2.45) is 0 Å². The van der Waals surface area contributed by atoms with Gasteiger partial charge in [-0.15, -0.1) is 11.8 Å². The van der Waals surface area contributed by atoms with Crippen molar-refractivity contribution in [2.45, 2.75) is 73.7 Å². The minimum absolute atomic E-state index is 0.0503. The number of alkyl halides is 5. The number of halogens is 5. The van der Waals surface area contributed by atoms with Crippen LogP contribution in [0.5, 0.6) is 0 Å². The molecule has 2 nitrogen and oxygen atoms in total. The van der Waals surface area contributed by atoms with E-state index in [0.717, 1.165) is 43.5 Å². The number of hydrogen-bond acceptors (Lipinski definition) is 4. The van der Waals surface area contributed by atoms with E-state index in [2.05, 4.69) is 11.9 Å². The first-order valence-electron chi connectivity index (χ1n) is 10.5. The van der Waals surface area contributed by atoms with Crippen LogP contribution < -0.4 is 0 Å². The zero-order valence-electron chi connectivity index (χ0n) is 17.7. The maximum atomic E-state index is 13.6. The second kappa shape index (κ2) is 13.0. The average Bonchev–Trinajstić information content (AvgIpc) is 2.74. The summed E-state index contributed by atoms with van der Waals surface area (Å²) in [7, 11) is 0. The van der Waals surface area contributed by atoms with Crippen LogP contribution in [0.25, 0.3) is 11.3 Å². The van der Waals surface area contributed by atoms with Crippen LogP contribution in [0.15, 0.2) is 40.3 Å². The van der Waals surface area contributed by atoms with Gasteiger partial charge in [0.2, 0.25) is 0 Å². The second-order valence-corrected chi connectivity index (χ2v) is 9.36. The van der Waals surface area contributed by atoms with E-state index < -0.39 is 23.1 Å². The van der Waals surface area contributed by atoms with Crippen LogP contribution >= 0.6 is 23.5 Å². The first-order valence-corrected chi connectivity index (χ1v) is 12.3. The first kappa shape index (κ1) is 26.5. The predicted octanol–water partition coefficient (Wildman–Crippen LogP) is 8.80. The Kier molecular flexibility index (Phi) is 10.8.